The highest BCUT2D eigenvalue weighted by Crippen LogP contribution is 2.19. The van der Waals surface area contributed by atoms with Crippen LogP contribution < -0.4 is 21.5 Å². The summed E-state index contributed by atoms with van der Waals surface area (Å²) in [6.07, 6.45) is 0. The van der Waals surface area contributed by atoms with Crippen molar-refractivity contribution >= 4 is 17.1 Å². The van der Waals surface area contributed by atoms with Crippen molar-refractivity contribution in [2.45, 2.75) is 20.4 Å². The smallest absolute Gasteiger partial charge is 0.265 e. The quantitative estimate of drug-likeness (QED) is 0.481. The minimum Gasteiger partial charge on any atom is -1.00 e. The van der Waals surface area contributed by atoms with Gasteiger partial charge in [0.15, 0.2) is 5.69 Å². The third-order valence-corrected chi connectivity index (χ3v) is 4.47. The van der Waals surface area contributed by atoms with E-state index in [1.54, 1.807) is 17.4 Å². The van der Waals surface area contributed by atoms with Crippen molar-refractivity contribution in [3.8, 4) is 11.3 Å². The summed E-state index contributed by atoms with van der Waals surface area (Å²) in [7, 11) is 0. The molecule has 0 aliphatic carbocycles. The zero-order valence-corrected chi connectivity index (χ0v) is 14.6. The lowest BCUT2D eigenvalue weighted by atomic mass is 10.1. The van der Waals surface area contributed by atoms with Gasteiger partial charge in [-0.3, -0.25) is 4.79 Å². The fourth-order valence-electron chi connectivity index (χ4n) is 2.05. The molecule has 22 heavy (non-hydrogen) atoms. The van der Waals surface area contributed by atoms with Crippen molar-refractivity contribution in [2.24, 2.45) is 0 Å². The fraction of sp³-hybridized carbons (Fsp3) is 0.188. The lowest BCUT2D eigenvalue weighted by Crippen LogP contribution is -3.00. The standard InChI is InChI=1S/C16H15N2O2S.BrH/c1-11-12(2)21-10-18(11)9-15(19)16-8-14(17-20-16)13-6-4-3-5-7-13;/h3-8,10H,9H2,1-2H3;1H/q+1;/p-1. The first-order chi connectivity index (χ1) is 10.1. The first kappa shape index (κ1) is 16.6. The van der Waals surface area contributed by atoms with E-state index in [9.17, 15) is 4.79 Å². The van der Waals surface area contributed by atoms with E-state index >= 15 is 0 Å². The van der Waals surface area contributed by atoms with Crippen molar-refractivity contribution in [2.75, 3.05) is 0 Å². The second kappa shape index (κ2) is 6.98. The molecule has 0 saturated heterocycles. The number of nitrogens with zero attached hydrogens (tertiary/aromatic N) is 2. The number of benzene rings is 1. The zero-order valence-electron chi connectivity index (χ0n) is 12.2. The highest BCUT2D eigenvalue weighted by atomic mass is 79.9. The van der Waals surface area contributed by atoms with Gasteiger partial charge in [-0.2, -0.15) is 4.57 Å². The molecule has 0 amide bonds. The molecule has 0 aliphatic heterocycles. The Bertz CT molecular complexity index is 781. The molecule has 1 aromatic carbocycles. The summed E-state index contributed by atoms with van der Waals surface area (Å²) in [6.45, 7) is 4.33. The van der Waals surface area contributed by atoms with Crippen molar-refractivity contribution in [1.29, 1.82) is 0 Å². The van der Waals surface area contributed by atoms with Gasteiger partial charge in [0.2, 0.25) is 17.8 Å². The summed E-state index contributed by atoms with van der Waals surface area (Å²) in [6, 6.07) is 11.4. The summed E-state index contributed by atoms with van der Waals surface area (Å²) in [4.78, 5) is 13.5. The molecule has 0 bridgehead atoms. The molecule has 2 heterocycles. The van der Waals surface area contributed by atoms with Gasteiger partial charge in [0.25, 0.3) is 5.78 Å². The van der Waals surface area contributed by atoms with Crippen LogP contribution in [-0.4, -0.2) is 10.9 Å². The number of rotatable bonds is 4. The molecule has 0 N–H and O–H groups in total. The van der Waals surface area contributed by atoms with Gasteiger partial charge in [-0.25, -0.2) is 0 Å². The van der Waals surface area contributed by atoms with Crippen LogP contribution in [0.3, 0.4) is 0 Å². The maximum atomic E-state index is 12.3. The Morgan fingerprint density at radius 3 is 2.64 bits per heavy atom. The van der Waals surface area contributed by atoms with Crippen LogP contribution in [0.25, 0.3) is 11.3 Å². The van der Waals surface area contributed by atoms with E-state index in [4.69, 9.17) is 4.52 Å². The van der Waals surface area contributed by atoms with Crippen LogP contribution in [0.4, 0.5) is 0 Å². The lowest BCUT2D eigenvalue weighted by Gasteiger charge is -1.93. The number of carbonyl (C=O) groups is 1. The Balaban J connectivity index is 0.00000176. The lowest BCUT2D eigenvalue weighted by molar-refractivity contribution is -0.684. The number of ketones is 1. The van der Waals surface area contributed by atoms with E-state index in [2.05, 4.69) is 5.16 Å². The first-order valence-corrected chi connectivity index (χ1v) is 7.52. The first-order valence-electron chi connectivity index (χ1n) is 6.64. The highest BCUT2D eigenvalue weighted by Gasteiger charge is 2.21. The average molecular weight is 379 g/mol. The van der Waals surface area contributed by atoms with Gasteiger partial charge in [-0.1, -0.05) is 46.8 Å². The van der Waals surface area contributed by atoms with Crippen molar-refractivity contribution in [1.82, 2.24) is 5.16 Å². The van der Waals surface area contributed by atoms with Gasteiger partial charge in [0.05, 0.1) is 4.88 Å². The van der Waals surface area contributed by atoms with E-state index in [-0.39, 0.29) is 29.3 Å². The Labute approximate surface area is 143 Å². The average Bonchev–Trinajstić information content (AvgIpc) is 3.11. The second-order valence-corrected chi connectivity index (χ2v) is 5.92. The van der Waals surface area contributed by atoms with Gasteiger partial charge in [0, 0.05) is 18.6 Å². The molecule has 3 aromatic rings. The van der Waals surface area contributed by atoms with Gasteiger partial charge in [-0.15, -0.1) is 0 Å². The SMILES string of the molecule is Cc1sc[n+](CC(=O)c2cc(-c3ccccc3)no2)c1C.[Br-]. The topological polar surface area (TPSA) is 47.0 Å². The van der Waals surface area contributed by atoms with E-state index in [0.29, 0.717) is 11.5 Å². The Hall–Kier alpha value is -1.79. The normalized spacial score (nSPS) is 10.3. The van der Waals surface area contributed by atoms with Crippen molar-refractivity contribution < 1.29 is 30.9 Å². The van der Waals surface area contributed by atoms with Crippen LogP contribution >= 0.6 is 11.3 Å². The zero-order chi connectivity index (χ0) is 14.8. The largest absolute Gasteiger partial charge is 1.00 e. The van der Waals surface area contributed by atoms with E-state index < -0.39 is 0 Å². The number of aryl methyl sites for hydroxylation is 1. The van der Waals surface area contributed by atoms with Gasteiger partial charge in [0.1, 0.15) is 5.69 Å². The number of hydrogen-bond donors (Lipinski definition) is 0. The molecule has 0 unspecified atom stereocenters. The van der Waals surface area contributed by atoms with Crippen LogP contribution in [0.15, 0.2) is 46.4 Å². The molecule has 114 valence electrons. The van der Waals surface area contributed by atoms with Crippen LogP contribution in [0.2, 0.25) is 0 Å². The number of aromatic nitrogens is 2. The van der Waals surface area contributed by atoms with E-state index in [0.717, 1.165) is 11.3 Å². The molecule has 0 fully saturated rings. The highest BCUT2D eigenvalue weighted by molar-refractivity contribution is 7.09. The maximum absolute atomic E-state index is 12.3. The molecule has 0 spiro atoms. The minimum absolute atomic E-state index is 0. The summed E-state index contributed by atoms with van der Waals surface area (Å²) in [5, 5.41) is 3.97. The maximum Gasteiger partial charge on any atom is 0.265 e. The predicted molar refractivity (Wildman–Crippen MR) is 80.3 cm³/mol. The third-order valence-electron chi connectivity index (χ3n) is 3.47. The molecule has 0 radical (unpaired) electrons. The van der Waals surface area contributed by atoms with Crippen LogP contribution in [-0.2, 0) is 6.54 Å². The van der Waals surface area contributed by atoms with Crippen molar-refractivity contribution in [3.05, 3.63) is 58.2 Å². The Morgan fingerprint density at radius 2 is 2.00 bits per heavy atom. The monoisotopic (exact) mass is 378 g/mol. The molecule has 2 aromatic heterocycles. The molecule has 6 heteroatoms. The summed E-state index contributed by atoms with van der Waals surface area (Å²) >= 11 is 1.63. The van der Waals surface area contributed by atoms with Gasteiger partial charge < -0.3 is 21.5 Å². The number of carbonyl (C=O) groups excluding carboxylic acids is 1. The predicted octanol–water partition coefficient (Wildman–Crippen LogP) is 0.194. The summed E-state index contributed by atoms with van der Waals surface area (Å²) in [5.74, 6) is 0.222. The molecule has 0 saturated carbocycles. The van der Waals surface area contributed by atoms with Gasteiger partial charge in [-0.05, 0) is 6.92 Å². The summed E-state index contributed by atoms with van der Waals surface area (Å²) < 4.78 is 7.13. The minimum atomic E-state index is -0.0735. The number of thiazole rings is 1. The Kier molecular flexibility index (Phi) is 5.26. The second-order valence-electron chi connectivity index (χ2n) is 4.86. The van der Waals surface area contributed by atoms with Gasteiger partial charge >= 0.3 is 0 Å². The fourth-order valence-corrected chi connectivity index (χ4v) is 2.86. The Morgan fingerprint density at radius 1 is 1.27 bits per heavy atom. The van der Waals surface area contributed by atoms with Crippen LogP contribution in [0.5, 0.6) is 0 Å². The molecule has 3 rings (SSSR count). The number of halogens is 1. The molecular formula is C16H15BrN2O2S. The van der Waals surface area contributed by atoms with Crippen LogP contribution in [0, 0.1) is 13.8 Å². The number of Topliss-reactive ketones (excluding diaryl/α,β-unsaturated/α-hetero) is 1. The van der Waals surface area contributed by atoms with E-state index in [1.807, 2.05) is 54.3 Å². The van der Waals surface area contributed by atoms with Crippen LogP contribution in [0.1, 0.15) is 21.1 Å². The summed E-state index contributed by atoms with van der Waals surface area (Å²) in [5.41, 5.74) is 4.69. The molecule has 0 aliphatic rings. The molecular weight excluding hydrogens is 364 g/mol. The molecule has 4 nitrogen and oxygen atoms in total. The van der Waals surface area contributed by atoms with E-state index in [1.165, 1.54) is 4.88 Å². The third kappa shape index (κ3) is 3.34. The number of hydrogen-bond acceptors (Lipinski definition) is 4. The molecule has 0 atom stereocenters. The van der Waals surface area contributed by atoms with Crippen molar-refractivity contribution in [3.63, 3.8) is 0 Å².